The van der Waals surface area contributed by atoms with E-state index < -0.39 is 0 Å². The first-order chi connectivity index (χ1) is 6.75. The number of hydrogen-bond donors (Lipinski definition) is 2. The van der Waals surface area contributed by atoms with Crippen LogP contribution in [0.5, 0.6) is 0 Å². The van der Waals surface area contributed by atoms with Crippen LogP contribution in [0.2, 0.25) is 0 Å². The zero-order valence-electron chi connectivity index (χ0n) is 8.88. The van der Waals surface area contributed by atoms with Gasteiger partial charge in [0.15, 0.2) is 0 Å². The highest BCUT2D eigenvalue weighted by Crippen LogP contribution is 2.15. The number of rotatable bonds is 2. The molecule has 2 heterocycles. The highest BCUT2D eigenvalue weighted by Gasteiger charge is 2.14. The van der Waals surface area contributed by atoms with Crippen molar-refractivity contribution < 1.29 is 0 Å². The van der Waals surface area contributed by atoms with Gasteiger partial charge in [-0.3, -0.25) is 4.68 Å². The molecule has 1 atom stereocenters. The van der Waals surface area contributed by atoms with Gasteiger partial charge in [0.05, 0.1) is 11.4 Å². The number of anilines is 1. The minimum atomic E-state index is 0.562. The molecule has 0 aromatic carbocycles. The molecule has 4 nitrogen and oxygen atoms in total. The van der Waals surface area contributed by atoms with Gasteiger partial charge in [-0.15, -0.1) is 0 Å². The van der Waals surface area contributed by atoms with Crippen molar-refractivity contribution in [3.8, 4) is 0 Å². The third-order valence-corrected chi connectivity index (χ3v) is 2.67. The summed E-state index contributed by atoms with van der Waals surface area (Å²) in [6, 6.07) is 0.562. The second-order valence-electron chi connectivity index (χ2n) is 3.99. The predicted octanol–water partition coefficient (Wildman–Crippen LogP) is 0.892. The van der Waals surface area contributed by atoms with Gasteiger partial charge in [-0.1, -0.05) is 0 Å². The molecule has 0 spiro atoms. The molecule has 1 unspecified atom stereocenters. The summed E-state index contributed by atoms with van der Waals surface area (Å²) in [5.74, 6) is 0. The van der Waals surface area contributed by atoms with E-state index >= 15 is 0 Å². The van der Waals surface area contributed by atoms with Crippen molar-refractivity contribution in [2.45, 2.75) is 25.8 Å². The molecule has 1 fully saturated rings. The summed E-state index contributed by atoms with van der Waals surface area (Å²) in [7, 11) is 1.96. The Morgan fingerprint density at radius 1 is 1.64 bits per heavy atom. The largest absolute Gasteiger partial charge is 0.378 e. The number of nitrogens with zero attached hydrogens (tertiary/aromatic N) is 2. The quantitative estimate of drug-likeness (QED) is 0.735. The Balaban J connectivity index is 1.98. The summed E-state index contributed by atoms with van der Waals surface area (Å²) in [6.45, 7) is 4.26. The second-order valence-corrected chi connectivity index (χ2v) is 3.99. The van der Waals surface area contributed by atoms with E-state index in [0.29, 0.717) is 6.04 Å². The van der Waals surface area contributed by atoms with Crippen LogP contribution in [0.3, 0.4) is 0 Å². The van der Waals surface area contributed by atoms with E-state index in [4.69, 9.17) is 0 Å². The normalized spacial score (nSPS) is 22.3. The van der Waals surface area contributed by atoms with Crippen LogP contribution < -0.4 is 10.6 Å². The summed E-state index contributed by atoms with van der Waals surface area (Å²) in [5, 5.41) is 11.2. The Labute approximate surface area is 84.7 Å². The first kappa shape index (κ1) is 9.52. The standard InChI is InChI=1S/C10H18N4/c1-8-10(7-14(2)13-8)12-9-4-3-5-11-6-9/h7,9,11-12H,3-6H2,1-2H3. The Kier molecular flexibility index (Phi) is 2.72. The summed E-state index contributed by atoms with van der Waals surface area (Å²) in [6.07, 6.45) is 4.56. The summed E-state index contributed by atoms with van der Waals surface area (Å²) < 4.78 is 1.86. The molecule has 1 aromatic heterocycles. The molecule has 0 saturated carbocycles. The van der Waals surface area contributed by atoms with E-state index in [0.717, 1.165) is 18.8 Å². The van der Waals surface area contributed by atoms with Gasteiger partial charge in [0.2, 0.25) is 0 Å². The van der Waals surface area contributed by atoms with Crippen LogP contribution in [-0.4, -0.2) is 28.9 Å². The van der Waals surface area contributed by atoms with Crippen molar-refractivity contribution >= 4 is 5.69 Å². The number of piperidine rings is 1. The first-order valence-electron chi connectivity index (χ1n) is 5.23. The highest BCUT2D eigenvalue weighted by atomic mass is 15.3. The van der Waals surface area contributed by atoms with Gasteiger partial charge in [-0.2, -0.15) is 5.10 Å². The fourth-order valence-corrected chi connectivity index (χ4v) is 1.94. The number of aryl methyl sites for hydroxylation is 2. The van der Waals surface area contributed by atoms with Crippen LogP contribution in [0.15, 0.2) is 6.20 Å². The van der Waals surface area contributed by atoms with Gasteiger partial charge in [0.1, 0.15) is 0 Å². The summed E-state index contributed by atoms with van der Waals surface area (Å²) in [4.78, 5) is 0. The molecular weight excluding hydrogens is 176 g/mol. The Bertz CT molecular complexity index is 299. The molecule has 1 aliphatic heterocycles. The molecule has 0 radical (unpaired) electrons. The van der Waals surface area contributed by atoms with Gasteiger partial charge in [0, 0.05) is 25.8 Å². The average Bonchev–Trinajstić information content (AvgIpc) is 2.47. The maximum atomic E-state index is 4.31. The lowest BCUT2D eigenvalue weighted by Gasteiger charge is -2.24. The third kappa shape index (κ3) is 2.07. The van der Waals surface area contributed by atoms with Crippen molar-refractivity contribution in [3.63, 3.8) is 0 Å². The van der Waals surface area contributed by atoms with E-state index in [1.165, 1.54) is 18.5 Å². The van der Waals surface area contributed by atoms with Crippen LogP contribution in [-0.2, 0) is 7.05 Å². The van der Waals surface area contributed by atoms with Gasteiger partial charge < -0.3 is 10.6 Å². The SMILES string of the molecule is Cc1nn(C)cc1NC1CCCNC1. The van der Waals surface area contributed by atoms with E-state index in [2.05, 4.69) is 15.7 Å². The molecule has 0 aliphatic carbocycles. The van der Waals surface area contributed by atoms with Gasteiger partial charge in [-0.25, -0.2) is 0 Å². The van der Waals surface area contributed by atoms with Crippen LogP contribution in [0.4, 0.5) is 5.69 Å². The number of nitrogens with one attached hydrogen (secondary N) is 2. The molecule has 0 bridgehead atoms. The molecule has 1 saturated heterocycles. The molecule has 2 rings (SSSR count). The molecule has 78 valence electrons. The van der Waals surface area contributed by atoms with Crippen molar-refractivity contribution in [1.29, 1.82) is 0 Å². The van der Waals surface area contributed by atoms with Crippen LogP contribution in [0.1, 0.15) is 18.5 Å². The molecular formula is C10H18N4. The first-order valence-corrected chi connectivity index (χ1v) is 5.23. The van der Waals surface area contributed by atoms with E-state index in [1.54, 1.807) is 0 Å². The zero-order valence-corrected chi connectivity index (χ0v) is 8.88. The Hall–Kier alpha value is -1.03. The van der Waals surface area contributed by atoms with Crippen LogP contribution in [0.25, 0.3) is 0 Å². The lowest BCUT2D eigenvalue weighted by molar-refractivity contribution is 0.480. The minimum Gasteiger partial charge on any atom is -0.378 e. The molecule has 1 aromatic rings. The third-order valence-electron chi connectivity index (χ3n) is 2.67. The van der Waals surface area contributed by atoms with Crippen LogP contribution in [0, 0.1) is 6.92 Å². The van der Waals surface area contributed by atoms with E-state index in [9.17, 15) is 0 Å². The van der Waals surface area contributed by atoms with Gasteiger partial charge in [0.25, 0.3) is 0 Å². The van der Waals surface area contributed by atoms with Crippen molar-refractivity contribution in [3.05, 3.63) is 11.9 Å². The zero-order chi connectivity index (χ0) is 9.97. The Morgan fingerprint density at radius 3 is 3.07 bits per heavy atom. The van der Waals surface area contributed by atoms with Crippen molar-refractivity contribution in [2.75, 3.05) is 18.4 Å². The number of aromatic nitrogens is 2. The molecule has 4 heteroatoms. The molecule has 14 heavy (non-hydrogen) atoms. The monoisotopic (exact) mass is 194 g/mol. The van der Waals surface area contributed by atoms with Gasteiger partial charge >= 0.3 is 0 Å². The fraction of sp³-hybridized carbons (Fsp3) is 0.700. The van der Waals surface area contributed by atoms with Crippen molar-refractivity contribution in [1.82, 2.24) is 15.1 Å². The lowest BCUT2D eigenvalue weighted by Crippen LogP contribution is -2.38. The van der Waals surface area contributed by atoms with Crippen LogP contribution >= 0.6 is 0 Å². The molecule has 0 amide bonds. The highest BCUT2D eigenvalue weighted by molar-refractivity contribution is 5.46. The molecule has 2 N–H and O–H groups in total. The van der Waals surface area contributed by atoms with E-state index in [1.807, 2.05) is 24.9 Å². The lowest BCUT2D eigenvalue weighted by atomic mass is 10.1. The number of hydrogen-bond acceptors (Lipinski definition) is 3. The second kappa shape index (κ2) is 4.00. The predicted molar refractivity (Wildman–Crippen MR) is 57.5 cm³/mol. The molecule has 1 aliphatic rings. The van der Waals surface area contributed by atoms with E-state index in [-0.39, 0.29) is 0 Å². The summed E-state index contributed by atoms with van der Waals surface area (Å²) in [5.41, 5.74) is 2.25. The average molecular weight is 194 g/mol. The maximum absolute atomic E-state index is 4.31. The smallest absolute Gasteiger partial charge is 0.0825 e. The topological polar surface area (TPSA) is 41.9 Å². The maximum Gasteiger partial charge on any atom is 0.0825 e. The van der Waals surface area contributed by atoms with Gasteiger partial charge in [-0.05, 0) is 26.3 Å². The fourth-order valence-electron chi connectivity index (χ4n) is 1.94. The Morgan fingerprint density at radius 2 is 2.50 bits per heavy atom. The summed E-state index contributed by atoms with van der Waals surface area (Å²) >= 11 is 0. The van der Waals surface area contributed by atoms with Crippen molar-refractivity contribution in [2.24, 2.45) is 7.05 Å². The minimum absolute atomic E-state index is 0.562.